The van der Waals surface area contributed by atoms with Gasteiger partial charge in [-0.25, -0.2) is 0 Å². The van der Waals surface area contributed by atoms with E-state index in [1.807, 2.05) is 6.07 Å². The van der Waals surface area contributed by atoms with Crippen molar-refractivity contribution in [1.29, 1.82) is 0 Å². The Bertz CT molecular complexity index is 751. The molecule has 0 fully saturated rings. The van der Waals surface area contributed by atoms with Crippen LogP contribution in [0.4, 0.5) is 5.69 Å². The summed E-state index contributed by atoms with van der Waals surface area (Å²) in [6.45, 7) is 0. The number of amides is 1. The molecule has 94 valence electrons. The fraction of sp³-hybridized carbons (Fsp3) is 0. The van der Waals surface area contributed by atoms with E-state index in [2.05, 4.69) is 15.5 Å². The highest BCUT2D eigenvalue weighted by molar-refractivity contribution is 6.31. The summed E-state index contributed by atoms with van der Waals surface area (Å²) in [5.41, 5.74) is 2.15. The number of aromatic nitrogens is 2. The van der Waals surface area contributed by atoms with Crippen LogP contribution in [-0.2, 0) is 0 Å². The average molecular weight is 272 g/mol. The van der Waals surface area contributed by atoms with Gasteiger partial charge in [0.05, 0.1) is 11.7 Å². The van der Waals surface area contributed by atoms with Crippen LogP contribution in [0.15, 0.2) is 48.7 Å². The second-order valence-electron chi connectivity index (χ2n) is 4.14. The normalized spacial score (nSPS) is 10.6. The van der Waals surface area contributed by atoms with E-state index < -0.39 is 0 Å². The van der Waals surface area contributed by atoms with E-state index in [-0.39, 0.29) is 5.91 Å². The van der Waals surface area contributed by atoms with Crippen molar-refractivity contribution in [3.8, 4) is 0 Å². The summed E-state index contributed by atoms with van der Waals surface area (Å²) in [5, 5.41) is 11.1. The van der Waals surface area contributed by atoms with Crippen LogP contribution in [0.5, 0.6) is 0 Å². The number of halogens is 1. The first kappa shape index (κ1) is 11.7. The fourth-order valence-electron chi connectivity index (χ4n) is 1.85. The minimum atomic E-state index is -0.176. The third-order valence-electron chi connectivity index (χ3n) is 2.78. The Balaban J connectivity index is 1.87. The van der Waals surface area contributed by atoms with Gasteiger partial charge in [0.15, 0.2) is 0 Å². The standard InChI is InChI=1S/C14H10ClN3O/c15-11-2-1-3-12(7-11)17-14(19)9-4-5-13-10(6-9)8-16-18-13/h1-8H,(H,16,18)(H,17,19). The molecular weight excluding hydrogens is 262 g/mol. The van der Waals surface area contributed by atoms with Gasteiger partial charge in [-0.15, -0.1) is 0 Å². The van der Waals surface area contributed by atoms with E-state index >= 15 is 0 Å². The van der Waals surface area contributed by atoms with Gasteiger partial charge >= 0.3 is 0 Å². The highest BCUT2D eigenvalue weighted by Gasteiger charge is 2.07. The maximum absolute atomic E-state index is 12.1. The minimum Gasteiger partial charge on any atom is -0.322 e. The van der Waals surface area contributed by atoms with Crippen molar-refractivity contribution >= 4 is 34.1 Å². The Morgan fingerprint density at radius 1 is 1.21 bits per heavy atom. The molecule has 0 saturated heterocycles. The Hall–Kier alpha value is -2.33. The van der Waals surface area contributed by atoms with Crippen LogP contribution in [-0.4, -0.2) is 16.1 Å². The van der Waals surface area contributed by atoms with E-state index in [1.54, 1.807) is 42.6 Å². The predicted molar refractivity (Wildman–Crippen MR) is 75.5 cm³/mol. The lowest BCUT2D eigenvalue weighted by Crippen LogP contribution is -2.11. The molecule has 3 rings (SSSR count). The van der Waals surface area contributed by atoms with Crippen molar-refractivity contribution in [1.82, 2.24) is 10.2 Å². The molecule has 0 unspecified atom stereocenters. The van der Waals surface area contributed by atoms with Gasteiger partial charge in [-0.1, -0.05) is 17.7 Å². The number of hydrogen-bond donors (Lipinski definition) is 2. The zero-order valence-corrected chi connectivity index (χ0v) is 10.6. The van der Waals surface area contributed by atoms with E-state index in [4.69, 9.17) is 11.6 Å². The second-order valence-corrected chi connectivity index (χ2v) is 4.57. The molecular formula is C14H10ClN3O. The third-order valence-corrected chi connectivity index (χ3v) is 3.02. The number of fused-ring (bicyclic) bond motifs is 1. The second kappa shape index (κ2) is 4.74. The van der Waals surface area contributed by atoms with Crippen LogP contribution >= 0.6 is 11.6 Å². The average Bonchev–Trinajstić information content (AvgIpc) is 2.85. The van der Waals surface area contributed by atoms with E-state index in [1.165, 1.54) is 0 Å². The molecule has 2 aromatic carbocycles. The number of nitrogens with one attached hydrogen (secondary N) is 2. The molecule has 0 aliphatic carbocycles. The molecule has 19 heavy (non-hydrogen) atoms. The van der Waals surface area contributed by atoms with Crippen molar-refractivity contribution in [2.75, 3.05) is 5.32 Å². The summed E-state index contributed by atoms with van der Waals surface area (Å²) in [4.78, 5) is 12.1. The predicted octanol–water partition coefficient (Wildman–Crippen LogP) is 3.47. The molecule has 1 aromatic heterocycles. The van der Waals surface area contributed by atoms with Gasteiger partial charge in [0.25, 0.3) is 5.91 Å². The first-order valence-corrected chi connectivity index (χ1v) is 6.10. The van der Waals surface area contributed by atoms with E-state index in [0.29, 0.717) is 16.3 Å². The smallest absolute Gasteiger partial charge is 0.255 e. The van der Waals surface area contributed by atoms with Gasteiger partial charge in [-0.05, 0) is 36.4 Å². The molecule has 4 nitrogen and oxygen atoms in total. The molecule has 0 saturated carbocycles. The third kappa shape index (κ3) is 2.44. The van der Waals surface area contributed by atoms with Gasteiger partial charge in [0, 0.05) is 21.7 Å². The quantitative estimate of drug-likeness (QED) is 0.750. The van der Waals surface area contributed by atoms with Gasteiger partial charge in [0.1, 0.15) is 0 Å². The van der Waals surface area contributed by atoms with Crippen molar-refractivity contribution in [3.05, 3.63) is 59.2 Å². The molecule has 0 atom stereocenters. The number of anilines is 1. The summed E-state index contributed by atoms with van der Waals surface area (Å²) in [7, 11) is 0. The molecule has 0 radical (unpaired) electrons. The van der Waals surface area contributed by atoms with Gasteiger partial charge in [-0.3, -0.25) is 9.89 Å². The topological polar surface area (TPSA) is 57.8 Å². The number of H-pyrrole nitrogens is 1. The zero-order valence-electron chi connectivity index (χ0n) is 9.85. The van der Waals surface area contributed by atoms with E-state index in [0.717, 1.165) is 10.9 Å². The van der Waals surface area contributed by atoms with Crippen LogP contribution in [0.3, 0.4) is 0 Å². The largest absolute Gasteiger partial charge is 0.322 e. The van der Waals surface area contributed by atoms with Crippen LogP contribution in [0, 0.1) is 0 Å². The monoisotopic (exact) mass is 271 g/mol. The highest BCUT2D eigenvalue weighted by Crippen LogP contribution is 2.17. The summed E-state index contributed by atoms with van der Waals surface area (Å²) in [5.74, 6) is -0.176. The van der Waals surface area contributed by atoms with Crippen LogP contribution < -0.4 is 5.32 Å². The zero-order chi connectivity index (χ0) is 13.2. The molecule has 0 spiro atoms. The minimum absolute atomic E-state index is 0.176. The Morgan fingerprint density at radius 3 is 2.95 bits per heavy atom. The number of carbonyl (C=O) groups is 1. The van der Waals surface area contributed by atoms with Crippen LogP contribution in [0.1, 0.15) is 10.4 Å². The summed E-state index contributed by atoms with van der Waals surface area (Å²) in [6.07, 6.45) is 1.69. The first-order valence-electron chi connectivity index (χ1n) is 5.72. The summed E-state index contributed by atoms with van der Waals surface area (Å²) in [6, 6.07) is 12.4. The molecule has 1 amide bonds. The number of nitrogens with zero attached hydrogens (tertiary/aromatic N) is 1. The lowest BCUT2D eigenvalue weighted by atomic mass is 10.1. The van der Waals surface area contributed by atoms with Crippen molar-refractivity contribution in [3.63, 3.8) is 0 Å². The Labute approximate surface area is 114 Å². The van der Waals surface area contributed by atoms with Gasteiger partial charge < -0.3 is 5.32 Å². The Kier molecular flexibility index (Phi) is 2.93. The number of carbonyl (C=O) groups excluding carboxylic acids is 1. The molecule has 3 aromatic rings. The van der Waals surface area contributed by atoms with E-state index in [9.17, 15) is 4.79 Å². The lowest BCUT2D eigenvalue weighted by molar-refractivity contribution is 0.102. The molecule has 0 bridgehead atoms. The fourth-order valence-corrected chi connectivity index (χ4v) is 2.04. The number of hydrogen-bond acceptors (Lipinski definition) is 2. The highest BCUT2D eigenvalue weighted by atomic mass is 35.5. The SMILES string of the molecule is O=C(Nc1cccc(Cl)c1)c1ccc2[nH]ncc2c1. The van der Waals surface area contributed by atoms with Gasteiger partial charge in [-0.2, -0.15) is 5.10 Å². The first-order chi connectivity index (χ1) is 9.22. The Morgan fingerprint density at radius 2 is 2.11 bits per heavy atom. The molecule has 2 N–H and O–H groups in total. The van der Waals surface area contributed by atoms with Crippen LogP contribution in [0.2, 0.25) is 5.02 Å². The summed E-state index contributed by atoms with van der Waals surface area (Å²) < 4.78 is 0. The molecule has 5 heteroatoms. The molecule has 0 aliphatic heterocycles. The summed E-state index contributed by atoms with van der Waals surface area (Å²) >= 11 is 5.87. The lowest BCUT2D eigenvalue weighted by Gasteiger charge is -2.05. The molecule has 1 heterocycles. The number of aromatic amines is 1. The maximum Gasteiger partial charge on any atom is 0.255 e. The number of rotatable bonds is 2. The van der Waals surface area contributed by atoms with Gasteiger partial charge in [0.2, 0.25) is 0 Å². The maximum atomic E-state index is 12.1. The van der Waals surface area contributed by atoms with Crippen molar-refractivity contribution in [2.45, 2.75) is 0 Å². The molecule has 0 aliphatic rings. The van der Waals surface area contributed by atoms with Crippen molar-refractivity contribution in [2.24, 2.45) is 0 Å². The number of benzene rings is 2. The van der Waals surface area contributed by atoms with Crippen molar-refractivity contribution < 1.29 is 4.79 Å². The van der Waals surface area contributed by atoms with Crippen LogP contribution in [0.25, 0.3) is 10.9 Å².